The van der Waals surface area contributed by atoms with Crippen LogP contribution in [0, 0.1) is 11.8 Å². The lowest BCUT2D eigenvalue weighted by Crippen LogP contribution is -2.40. The summed E-state index contributed by atoms with van der Waals surface area (Å²) in [6.07, 6.45) is 2.47. The summed E-state index contributed by atoms with van der Waals surface area (Å²) in [5.74, 6) is 2.47. The highest BCUT2D eigenvalue weighted by Gasteiger charge is 2.20. The molecule has 1 saturated heterocycles. The number of benzene rings is 1. The van der Waals surface area contributed by atoms with Crippen LogP contribution >= 0.6 is 12.2 Å². The van der Waals surface area contributed by atoms with Crippen molar-refractivity contribution in [2.75, 3.05) is 38.1 Å². The van der Waals surface area contributed by atoms with E-state index >= 15 is 0 Å². The second-order valence-electron chi connectivity index (χ2n) is 6.87. The van der Waals surface area contributed by atoms with Crippen LogP contribution in [0.4, 0.5) is 5.69 Å². The van der Waals surface area contributed by atoms with Crippen LogP contribution in [0.25, 0.3) is 0 Å². The zero-order valence-corrected chi connectivity index (χ0v) is 16.0. The van der Waals surface area contributed by atoms with Gasteiger partial charge in [0.25, 0.3) is 0 Å². The molecule has 0 aromatic heterocycles. The summed E-state index contributed by atoms with van der Waals surface area (Å²) < 4.78 is 5.61. The number of para-hydroxylation sites is 2. The largest absolute Gasteiger partial charge is 0.492 e. The summed E-state index contributed by atoms with van der Waals surface area (Å²) in [5, 5.41) is 7.19. The Morgan fingerprint density at radius 1 is 1.25 bits per heavy atom. The van der Waals surface area contributed by atoms with Crippen LogP contribution in [0.2, 0.25) is 0 Å². The number of likely N-dealkylation sites (tertiary alicyclic amines) is 1. The van der Waals surface area contributed by atoms with Gasteiger partial charge < -0.3 is 20.3 Å². The molecule has 1 aliphatic heterocycles. The van der Waals surface area contributed by atoms with Gasteiger partial charge in [-0.3, -0.25) is 0 Å². The molecule has 0 spiro atoms. The predicted molar refractivity (Wildman–Crippen MR) is 106 cm³/mol. The van der Waals surface area contributed by atoms with Crippen LogP contribution in [0.5, 0.6) is 5.75 Å². The maximum absolute atomic E-state index is 5.61. The summed E-state index contributed by atoms with van der Waals surface area (Å²) in [4.78, 5) is 2.58. The van der Waals surface area contributed by atoms with E-state index in [1.165, 1.54) is 19.5 Å². The lowest BCUT2D eigenvalue weighted by molar-refractivity contribution is 0.140. The fourth-order valence-electron chi connectivity index (χ4n) is 3.50. The minimum atomic E-state index is 0.644. The molecule has 2 N–H and O–H groups in total. The molecular weight excluding hydrogens is 318 g/mol. The minimum Gasteiger partial charge on any atom is -0.492 e. The van der Waals surface area contributed by atoms with Crippen molar-refractivity contribution < 1.29 is 4.74 Å². The molecule has 4 nitrogen and oxygen atoms in total. The molecule has 134 valence electrons. The van der Waals surface area contributed by atoms with Crippen LogP contribution in [0.15, 0.2) is 24.3 Å². The number of nitrogens with zero attached hydrogens (tertiary/aromatic N) is 1. The highest BCUT2D eigenvalue weighted by Crippen LogP contribution is 2.23. The Hall–Kier alpha value is -1.33. The normalized spacial score (nSPS) is 21.3. The van der Waals surface area contributed by atoms with Crippen LogP contribution in [-0.4, -0.2) is 42.8 Å². The fraction of sp³-hybridized carbons (Fsp3) is 0.632. The Labute approximate surface area is 152 Å². The summed E-state index contributed by atoms with van der Waals surface area (Å²) in [6, 6.07) is 7.88. The SMILES string of the molecule is CCOc1ccccc1NC(=S)NCCCN1C[C@H](C)C[C@@H](C)C1. The third-order valence-corrected chi connectivity index (χ3v) is 4.56. The third kappa shape index (κ3) is 6.29. The number of rotatable bonds is 7. The van der Waals surface area contributed by atoms with Crippen LogP contribution in [0.3, 0.4) is 0 Å². The van der Waals surface area contributed by atoms with Gasteiger partial charge >= 0.3 is 0 Å². The van der Waals surface area contributed by atoms with Crippen molar-refractivity contribution in [2.45, 2.75) is 33.6 Å². The first-order valence-electron chi connectivity index (χ1n) is 9.07. The zero-order chi connectivity index (χ0) is 17.4. The van der Waals surface area contributed by atoms with Crippen LogP contribution in [0.1, 0.15) is 33.6 Å². The molecular formula is C19H31N3OS. The number of ether oxygens (including phenoxy) is 1. The molecule has 1 heterocycles. The highest BCUT2D eigenvalue weighted by molar-refractivity contribution is 7.80. The molecule has 1 fully saturated rings. The standard InChI is InChI=1S/C19H31N3OS/c1-4-23-18-9-6-5-8-17(18)21-19(24)20-10-7-11-22-13-15(2)12-16(3)14-22/h5-6,8-9,15-16H,4,7,10-14H2,1-3H3,(H2,20,21,24)/t15-,16-/m1/s1. The Morgan fingerprint density at radius 3 is 2.67 bits per heavy atom. The van der Waals surface area contributed by atoms with E-state index in [0.29, 0.717) is 11.7 Å². The van der Waals surface area contributed by atoms with Gasteiger partial charge in [-0.1, -0.05) is 26.0 Å². The van der Waals surface area contributed by atoms with Gasteiger partial charge in [-0.25, -0.2) is 0 Å². The van der Waals surface area contributed by atoms with E-state index in [0.717, 1.165) is 42.8 Å². The molecule has 1 aromatic rings. The molecule has 1 aliphatic rings. The molecule has 2 atom stereocenters. The maximum Gasteiger partial charge on any atom is 0.170 e. The summed E-state index contributed by atoms with van der Waals surface area (Å²) >= 11 is 5.40. The molecule has 2 rings (SSSR count). The predicted octanol–water partition coefficient (Wildman–Crippen LogP) is 3.74. The molecule has 1 aromatic carbocycles. The van der Waals surface area contributed by atoms with Gasteiger partial charge in [-0.15, -0.1) is 0 Å². The van der Waals surface area contributed by atoms with Crippen molar-refractivity contribution in [1.29, 1.82) is 0 Å². The first-order valence-corrected chi connectivity index (χ1v) is 9.48. The molecule has 0 amide bonds. The first kappa shape index (κ1) is 19.0. The number of hydrogen-bond donors (Lipinski definition) is 2. The molecule has 0 unspecified atom stereocenters. The van der Waals surface area contributed by atoms with Gasteiger partial charge in [0.2, 0.25) is 0 Å². The molecule has 5 heteroatoms. The number of piperidine rings is 1. The first-order chi connectivity index (χ1) is 11.6. The maximum atomic E-state index is 5.61. The lowest BCUT2D eigenvalue weighted by atomic mass is 9.92. The number of hydrogen-bond acceptors (Lipinski definition) is 3. The van der Waals surface area contributed by atoms with Crippen LogP contribution in [-0.2, 0) is 0 Å². The number of thiocarbonyl (C=S) groups is 1. The summed E-state index contributed by atoms with van der Waals surface area (Å²) in [6.45, 7) is 11.8. The van der Waals surface area contributed by atoms with E-state index in [1.54, 1.807) is 0 Å². The molecule has 0 aliphatic carbocycles. The quantitative estimate of drug-likeness (QED) is 0.579. The lowest BCUT2D eigenvalue weighted by Gasteiger charge is -2.35. The van der Waals surface area contributed by atoms with Crippen molar-refractivity contribution >= 4 is 23.0 Å². The van der Waals surface area contributed by atoms with E-state index in [-0.39, 0.29) is 0 Å². The van der Waals surface area contributed by atoms with Gasteiger partial charge in [0.1, 0.15) is 5.75 Å². The van der Waals surface area contributed by atoms with Crippen molar-refractivity contribution in [1.82, 2.24) is 10.2 Å². The average molecular weight is 350 g/mol. The Morgan fingerprint density at radius 2 is 1.96 bits per heavy atom. The van der Waals surface area contributed by atoms with E-state index in [2.05, 4.69) is 29.4 Å². The molecule has 24 heavy (non-hydrogen) atoms. The van der Waals surface area contributed by atoms with Gasteiger partial charge in [-0.05, 0) is 62.5 Å². The van der Waals surface area contributed by atoms with Crippen molar-refractivity contribution in [3.05, 3.63) is 24.3 Å². The van der Waals surface area contributed by atoms with Crippen molar-refractivity contribution in [3.8, 4) is 5.75 Å². The van der Waals surface area contributed by atoms with Gasteiger partial charge in [0, 0.05) is 19.6 Å². The number of anilines is 1. The third-order valence-electron chi connectivity index (χ3n) is 4.32. The van der Waals surface area contributed by atoms with E-state index in [1.807, 2.05) is 31.2 Å². The summed E-state index contributed by atoms with van der Waals surface area (Å²) in [5.41, 5.74) is 0.913. The zero-order valence-electron chi connectivity index (χ0n) is 15.2. The average Bonchev–Trinajstić information content (AvgIpc) is 2.53. The van der Waals surface area contributed by atoms with E-state index in [9.17, 15) is 0 Å². The minimum absolute atomic E-state index is 0.644. The van der Waals surface area contributed by atoms with Crippen LogP contribution < -0.4 is 15.4 Å². The molecule has 0 radical (unpaired) electrons. The Kier molecular flexibility index (Phi) is 7.79. The smallest absolute Gasteiger partial charge is 0.170 e. The van der Waals surface area contributed by atoms with Gasteiger partial charge in [0.15, 0.2) is 5.11 Å². The van der Waals surface area contributed by atoms with Crippen molar-refractivity contribution in [2.24, 2.45) is 11.8 Å². The Balaban J connectivity index is 1.68. The topological polar surface area (TPSA) is 36.5 Å². The van der Waals surface area contributed by atoms with Gasteiger partial charge in [0.05, 0.1) is 12.3 Å². The Bertz CT molecular complexity index is 513. The number of nitrogens with one attached hydrogen (secondary N) is 2. The second-order valence-corrected chi connectivity index (χ2v) is 7.28. The van der Waals surface area contributed by atoms with Crippen molar-refractivity contribution in [3.63, 3.8) is 0 Å². The monoisotopic (exact) mass is 349 g/mol. The highest BCUT2D eigenvalue weighted by atomic mass is 32.1. The summed E-state index contributed by atoms with van der Waals surface area (Å²) in [7, 11) is 0. The molecule has 0 saturated carbocycles. The van der Waals surface area contributed by atoms with E-state index in [4.69, 9.17) is 17.0 Å². The van der Waals surface area contributed by atoms with Gasteiger partial charge in [-0.2, -0.15) is 0 Å². The fourth-order valence-corrected chi connectivity index (χ4v) is 3.71. The molecule has 0 bridgehead atoms. The van der Waals surface area contributed by atoms with E-state index < -0.39 is 0 Å². The second kappa shape index (κ2) is 9.84.